The lowest BCUT2D eigenvalue weighted by atomic mass is 10.2. The van der Waals surface area contributed by atoms with Crippen molar-refractivity contribution in [2.75, 3.05) is 5.75 Å². The number of benzene rings is 1. The zero-order valence-corrected chi connectivity index (χ0v) is 12.2. The van der Waals surface area contributed by atoms with Crippen molar-refractivity contribution in [2.24, 2.45) is 4.99 Å². The van der Waals surface area contributed by atoms with Crippen LogP contribution in [0, 0.1) is 0 Å². The Morgan fingerprint density at radius 2 is 2.24 bits per heavy atom. The Morgan fingerprint density at radius 1 is 1.43 bits per heavy atom. The first-order valence-electron chi connectivity index (χ1n) is 6.54. The third kappa shape index (κ3) is 3.10. The molecule has 1 aliphatic rings. The first-order valence-corrected chi connectivity index (χ1v) is 7.52. The highest BCUT2D eigenvalue weighted by atomic mass is 32.2. The smallest absolute Gasteiger partial charge is 0.246 e. The van der Waals surface area contributed by atoms with Crippen LogP contribution in [0.3, 0.4) is 0 Å². The number of nitrogens with one attached hydrogen (secondary N) is 2. The molecule has 0 bridgehead atoms. The molecule has 2 N–H and O–H groups in total. The molecule has 0 saturated heterocycles. The molecule has 108 valence electrons. The summed E-state index contributed by atoms with van der Waals surface area (Å²) in [6, 6.07) is 9.20. The van der Waals surface area contributed by atoms with Crippen molar-refractivity contribution in [3.63, 3.8) is 0 Å². The number of H-pyrrole nitrogens is 1. The van der Waals surface area contributed by atoms with E-state index in [1.165, 1.54) is 0 Å². The largest absolute Gasteiger partial charge is 0.344 e. The van der Waals surface area contributed by atoms with E-state index < -0.39 is 0 Å². The average Bonchev–Trinajstić information content (AvgIpc) is 3.20. The second-order valence-electron chi connectivity index (χ2n) is 4.63. The second kappa shape index (κ2) is 6.04. The van der Waals surface area contributed by atoms with Crippen LogP contribution in [0.5, 0.6) is 0 Å². The molecular formula is C13H14N6OS. The molecule has 1 aromatic heterocycles. The number of nitrogens with zero attached hydrogens (tertiary/aromatic N) is 4. The van der Waals surface area contributed by atoms with Gasteiger partial charge in [0.1, 0.15) is 6.04 Å². The molecule has 0 aliphatic carbocycles. The van der Waals surface area contributed by atoms with Crippen LogP contribution in [0.15, 0.2) is 35.3 Å². The van der Waals surface area contributed by atoms with Crippen LogP contribution in [-0.2, 0) is 4.79 Å². The summed E-state index contributed by atoms with van der Waals surface area (Å²) in [7, 11) is 0. The normalized spacial score (nSPS) is 19.1. The minimum atomic E-state index is -0.375. The van der Waals surface area contributed by atoms with Crippen molar-refractivity contribution in [2.45, 2.75) is 19.0 Å². The van der Waals surface area contributed by atoms with Gasteiger partial charge in [-0.25, -0.2) is 0 Å². The van der Waals surface area contributed by atoms with Crippen LogP contribution in [0.25, 0.3) is 0 Å². The minimum absolute atomic E-state index is 0.120. The molecule has 0 saturated carbocycles. The van der Waals surface area contributed by atoms with Crippen molar-refractivity contribution < 1.29 is 4.79 Å². The van der Waals surface area contributed by atoms with E-state index in [2.05, 4.69) is 30.9 Å². The van der Waals surface area contributed by atoms with Gasteiger partial charge in [0.05, 0.1) is 11.1 Å². The van der Waals surface area contributed by atoms with Crippen molar-refractivity contribution in [1.82, 2.24) is 25.9 Å². The zero-order chi connectivity index (χ0) is 14.7. The third-order valence-electron chi connectivity index (χ3n) is 3.08. The molecule has 2 aromatic rings. The molecule has 2 atom stereocenters. The van der Waals surface area contributed by atoms with Crippen LogP contribution >= 0.6 is 11.8 Å². The van der Waals surface area contributed by atoms with E-state index in [9.17, 15) is 4.79 Å². The topological polar surface area (TPSA) is 95.9 Å². The summed E-state index contributed by atoms with van der Waals surface area (Å²) in [5, 5.41) is 17.3. The van der Waals surface area contributed by atoms with Crippen molar-refractivity contribution >= 4 is 22.7 Å². The molecular weight excluding hydrogens is 288 g/mol. The maximum absolute atomic E-state index is 12.2. The Labute approximate surface area is 125 Å². The molecule has 1 aromatic carbocycles. The third-order valence-corrected chi connectivity index (χ3v) is 4.18. The highest BCUT2D eigenvalue weighted by Gasteiger charge is 2.27. The van der Waals surface area contributed by atoms with Gasteiger partial charge in [0.25, 0.3) is 0 Å². The number of amides is 1. The van der Waals surface area contributed by atoms with Crippen LogP contribution in [0.4, 0.5) is 0 Å². The molecule has 1 aliphatic heterocycles. The summed E-state index contributed by atoms with van der Waals surface area (Å²) in [5.74, 6) is 0.988. The Kier molecular flexibility index (Phi) is 3.96. The van der Waals surface area contributed by atoms with E-state index in [0.717, 1.165) is 10.6 Å². The standard InChI is InChI=1S/C13H14N6OS/c1-8(11-16-18-19-17-11)14-12(20)10-7-21-13(15-10)9-5-3-2-4-6-9/h2-6,8,10H,7H2,1H3,(H,14,20)(H,16,17,18,19). The average molecular weight is 302 g/mol. The number of carbonyl (C=O) groups is 1. The number of aliphatic imine (C=N–C) groups is 1. The van der Waals surface area contributed by atoms with Gasteiger partial charge in [0, 0.05) is 11.3 Å². The lowest BCUT2D eigenvalue weighted by molar-refractivity contribution is -0.122. The van der Waals surface area contributed by atoms with E-state index >= 15 is 0 Å². The number of rotatable bonds is 4. The SMILES string of the molecule is CC(NC(=O)C1CSC(c2ccccc2)=N1)c1nn[nH]n1. The van der Waals surface area contributed by atoms with Gasteiger partial charge in [-0.05, 0) is 6.92 Å². The summed E-state index contributed by atoms with van der Waals surface area (Å²) in [6.07, 6.45) is 0. The number of hydrogen-bond acceptors (Lipinski definition) is 6. The maximum atomic E-state index is 12.2. The van der Waals surface area contributed by atoms with Gasteiger partial charge in [-0.15, -0.1) is 22.0 Å². The highest BCUT2D eigenvalue weighted by Crippen LogP contribution is 2.23. The molecule has 2 unspecified atom stereocenters. The fraction of sp³-hybridized carbons (Fsp3) is 0.308. The molecule has 0 spiro atoms. The number of hydrogen-bond donors (Lipinski definition) is 2. The quantitative estimate of drug-likeness (QED) is 0.876. The Hall–Kier alpha value is -2.22. The first kappa shape index (κ1) is 13.7. The summed E-state index contributed by atoms with van der Waals surface area (Å²) in [5.41, 5.74) is 1.05. The van der Waals surface area contributed by atoms with Gasteiger partial charge < -0.3 is 5.32 Å². The van der Waals surface area contributed by atoms with E-state index in [4.69, 9.17) is 0 Å². The van der Waals surface area contributed by atoms with Crippen LogP contribution < -0.4 is 5.32 Å². The lowest BCUT2D eigenvalue weighted by Crippen LogP contribution is -2.36. The van der Waals surface area contributed by atoms with E-state index in [-0.39, 0.29) is 18.0 Å². The van der Waals surface area contributed by atoms with E-state index in [0.29, 0.717) is 11.6 Å². The molecule has 1 amide bonds. The van der Waals surface area contributed by atoms with Gasteiger partial charge in [-0.1, -0.05) is 35.5 Å². The Bertz CT molecular complexity index is 642. The number of carbonyl (C=O) groups excluding carboxylic acids is 1. The minimum Gasteiger partial charge on any atom is -0.344 e. The van der Waals surface area contributed by atoms with Crippen molar-refractivity contribution in [1.29, 1.82) is 0 Å². The number of tetrazole rings is 1. The zero-order valence-electron chi connectivity index (χ0n) is 11.4. The monoisotopic (exact) mass is 302 g/mol. The van der Waals surface area contributed by atoms with Crippen LogP contribution in [-0.4, -0.2) is 43.4 Å². The molecule has 2 heterocycles. The van der Waals surface area contributed by atoms with Gasteiger partial charge in [-0.2, -0.15) is 5.21 Å². The van der Waals surface area contributed by atoms with E-state index in [1.807, 2.05) is 37.3 Å². The van der Waals surface area contributed by atoms with Crippen molar-refractivity contribution in [3.8, 4) is 0 Å². The maximum Gasteiger partial charge on any atom is 0.246 e. The molecule has 7 nitrogen and oxygen atoms in total. The predicted octanol–water partition coefficient (Wildman–Crippen LogP) is 0.939. The predicted molar refractivity (Wildman–Crippen MR) is 80.0 cm³/mol. The van der Waals surface area contributed by atoms with Crippen LogP contribution in [0.1, 0.15) is 24.4 Å². The second-order valence-corrected chi connectivity index (χ2v) is 5.64. The van der Waals surface area contributed by atoms with Gasteiger partial charge in [0.2, 0.25) is 5.91 Å². The number of aromatic nitrogens is 4. The molecule has 0 fully saturated rings. The number of thioether (sulfide) groups is 1. The fourth-order valence-electron chi connectivity index (χ4n) is 1.97. The summed E-state index contributed by atoms with van der Waals surface area (Å²) >= 11 is 1.60. The molecule has 21 heavy (non-hydrogen) atoms. The molecule has 0 radical (unpaired) electrons. The van der Waals surface area contributed by atoms with Crippen LogP contribution in [0.2, 0.25) is 0 Å². The first-order chi connectivity index (χ1) is 10.2. The summed E-state index contributed by atoms with van der Waals surface area (Å²) in [6.45, 7) is 1.81. The summed E-state index contributed by atoms with van der Waals surface area (Å²) < 4.78 is 0. The lowest BCUT2D eigenvalue weighted by Gasteiger charge is -2.12. The van der Waals surface area contributed by atoms with Gasteiger partial charge in [-0.3, -0.25) is 9.79 Å². The van der Waals surface area contributed by atoms with Crippen molar-refractivity contribution in [3.05, 3.63) is 41.7 Å². The highest BCUT2D eigenvalue weighted by molar-refractivity contribution is 8.14. The fourth-order valence-corrected chi connectivity index (χ4v) is 3.02. The molecule has 8 heteroatoms. The molecule has 3 rings (SSSR count). The van der Waals surface area contributed by atoms with Gasteiger partial charge >= 0.3 is 0 Å². The Morgan fingerprint density at radius 3 is 2.95 bits per heavy atom. The number of aromatic amines is 1. The summed E-state index contributed by atoms with van der Waals surface area (Å²) in [4.78, 5) is 16.7. The van der Waals surface area contributed by atoms with E-state index in [1.54, 1.807) is 11.8 Å². The van der Waals surface area contributed by atoms with Gasteiger partial charge in [0.15, 0.2) is 5.82 Å². The Balaban J connectivity index is 1.65.